The van der Waals surface area contributed by atoms with Crippen LogP contribution in [0.4, 0.5) is 5.95 Å². The molecular weight excluding hydrogens is 364 g/mol. The molecule has 1 aromatic rings. The molecule has 0 spiro atoms. The van der Waals surface area contributed by atoms with Crippen LogP contribution in [0.3, 0.4) is 0 Å². The van der Waals surface area contributed by atoms with Gasteiger partial charge in [-0.3, -0.25) is 19.4 Å². The number of amides is 1. The van der Waals surface area contributed by atoms with E-state index in [2.05, 4.69) is 9.97 Å². The van der Waals surface area contributed by atoms with Gasteiger partial charge in [0.15, 0.2) is 0 Å². The van der Waals surface area contributed by atoms with Crippen molar-refractivity contribution in [3.05, 3.63) is 21.6 Å². The summed E-state index contributed by atoms with van der Waals surface area (Å²) in [5.74, 6) is -0.316. The number of aromatic nitrogens is 2. The Bertz CT molecular complexity index is 740. The lowest BCUT2D eigenvalue weighted by atomic mass is 10.1. The first-order valence-corrected chi connectivity index (χ1v) is 9.70. The van der Waals surface area contributed by atoms with Gasteiger partial charge in [0, 0.05) is 43.9 Å². The second-order valence-electron chi connectivity index (χ2n) is 7.43. The maximum atomic E-state index is 12.6. The average molecular weight is 394 g/mol. The highest BCUT2D eigenvalue weighted by Gasteiger charge is 2.19. The van der Waals surface area contributed by atoms with E-state index in [0.29, 0.717) is 50.1 Å². The van der Waals surface area contributed by atoms with E-state index in [4.69, 9.17) is 9.84 Å². The molecule has 0 aromatic carbocycles. The molecule has 28 heavy (non-hydrogen) atoms. The third-order valence-corrected chi connectivity index (χ3v) is 4.64. The summed E-state index contributed by atoms with van der Waals surface area (Å²) < 4.78 is 5.31. The van der Waals surface area contributed by atoms with Crippen LogP contribution < -0.4 is 10.5 Å². The number of rotatable bonds is 9. The summed E-state index contributed by atoms with van der Waals surface area (Å²) in [5.41, 5.74) is 0.870. The van der Waals surface area contributed by atoms with Crippen LogP contribution in [-0.4, -0.2) is 71.2 Å². The quantitative estimate of drug-likeness (QED) is 0.637. The van der Waals surface area contributed by atoms with Crippen molar-refractivity contribution in [3.63, 3.8) is 0 Å². The molecule has 2 N–H and O–H groups in total. The van der Waals surface area contributed by atoms with E-state index in [1.807, 2.05) is 18.7 Å². The van der Waals surface area contributed by atoms with Crippen molar-refractivity contribution in [2.45, 2.75) is 40.0 Å². The number of aliphatic carboxylic acids is 1. The standard InChI is InChI=1S/C19H30N4O5/c1-13(2)12-23(7-6-17(25)26)16(24)5-4-15-14(3)20-19(21-18(15)27)22-8-10-28-11-9-22/h13H,4-12H2,1-3H3,(H,25,26)(H,20,21,27). The van der Waals surface area contributed by atoms with Gasteiger partial charge in [0.1, 0.15) is 0 Å². The fourth-order valence-corrected chi connectivity index (χ4v) is 3.19. The fourth-order valence-electron chi connectivity index (χ4n) is 3.19. The van der Waals surface area contributed by atoms with Gasteiger partial charge in [-0.2, -0.15) is 0 Å². The summed E-state index contributed by atoms with van der Waals surface area (Å²) in [6.45, 7) is 8.94. The lowest BCUT2D eigenvalue weighted by Crippen LogP contribution is -2.39. The predicted molar refractivity (Wildman–Crippen MR) is 105 cm³/mol. The van der Waals surface area contributed by atoms with Gasteiger partial charge in [0.05, 0.1) is 19.6 Å². The van der Waals surface area contributed by atoms with Crippen molar-refractivity contribution in [2.24, 2.45) is 5.92 Å². The lowest BCUT2D eigenvalue weighted by molar-refractivity contribution is -0.138. The second kappa shape index (κ2) is 10.2. The normalized spacial score (nSPS) is 14.4. The van der Waals surface area contributed by atoms with Crippen molar-refractivity contribution in [3.8, 4) is 0 Å². The number of carbonyl (C=O) groups excluding carboxylic acids is 1. The number of H-pyrrole nitrogens is 1. The van der Waals surface area contributed by atoms with Crippen molar-refractivity contribution >= 4 is 17.8 Å². The molecule has 0 aliphatic carbocycles. The zero-order valence-electron chi connectivity index (χ0n) is 16.9. The Morgan fingerprint density at radius 2 is 1.96 bits per heavy atom. The highest BCUT2D eigenvalue weighted by molar-refractivity contribution is 5.77. The molecule has 1 aromatic heterocycles. The van der Waals surface area contributed by atoms with Crippen LogP contribution in [0.2, 0.25) is 0 Å². The van der Waals surface area contributed by atoms with Crippen LogP contribution in [0.5, 0.6) is 0 Å². The molecule has 2 heterocycles. The maximum Gasteiger partial charge on any atom is 0.305 e. The van der Waals surface area contributed by atoms with Crippen LogP contribution in [-0.2, 0) is 20.7 Å². The minimum Gasteiger partial charge on any atom is -0.481 e. The Hall–Kier alpha value is -2.42. The van der Waals surface area contributed by atoms with Crippen molar-refractivity contribution in [2.75, 3.05) is 44.3 Å². The highest BCUT2D eigenvalue weighted by Crippen LogP contribution is 2.12. The zero-order valence-corrected chi connectivity index (χ0v) is 16.9. The van der Waals surface area contributed by atoms with Gasteiger partial charge in [-0.25, -0.2) is 4.98 Å². The minimum absolute atomic E-state index is 0.0894. The van der Waals surface area contributed by atoms with E-state index >= 15 is 0 Å². The number of aryl methyl sites for hydroxylation is 1. The SMILES string of the molecule is Cc1nc(N2CCOCC2)[nH]c(=O)c1CCC(=O)N(CCC(=O)O)CC(C)C. The third kappa shape index (κ3) is 6.33. The molecule has 0 unspecified atom stereocenters. The molecule has 1 aliphatic rings. The van der Waals surface area contributed by atoms with Crippen molar-refractivity contribution in [1.82, 2.24) is 14.9 Å². The predicted octanol–water partition coefficient (Wildman–Crippen LogP) is 0.807. The van der Waals surface area contributed by atoms with E-state index in [0.717, 1.165) is 0 Å². The number of morpholine rings is 1. The van der Waals surface area contributed by atoms with E-state index < -0.39 is 5.97 Å². The summed E-state index contributed by atoms with van der Waals surface area (Å²) in [6.07, 6.45) is 0.334. The topological polar surface area (TPSA) is 116 Å². The number of nitrogens with zero attached hydrogens (tertiary/aromatic N) is 3. The summed E-state index contributed by atoms with van der Waals surface area (Å²) in [5, 5.41) is 8.89. The molecule has 1 aliphatic heterocycles. The first-order chi connectivity index (χ1) is 13.3. The molecule has 1 fully saturated rings. The Balaban J connectivity index is 2.04. The summed E-state index contributed by atoms with van der Waals surface area (Å²) in [7, 11) is 0. The monoisotopic (exact) mass is 394 g/mol. The maximum absolute atomic E-state index is 12.6. The Kier molecular flexibility index (Phi) is 7.98. The Labute approximate surface area is 164 Å². The van der Waals surface area contributed by atoms with Crippen LogP contribution in [0.1, 0.15) is 37.9 Å². The van der Waals surface area contributed by atoms with Crippen LogP contribution in [0.25, 0.3) is 0 Å². The van der Waals surface area contributed by atoms with Gasteiger partial charge in [-0.1, -0.05) is 13.8 Å². The molecule has 0 saturated carbocycles. The summed E-state index contributed by atoms with van der Waals surface area (Å²) in [4.78, 5) is 46.8. The first-order valence-electron chi connectivity index (χ1n) is 9.70. The van der Waals surface area contributed by atoms with Gasteiger partial charge < -0.3 is 19.6 Å². The molecule has 9 heteroatoms. The molecule has 0 bridgehead atoms. The van der Waals surface area contributed by atoms with E-state index in [9.17, 15) is 14.4 Å². The number of hydrogen-bond donors (Lipinski definition) is 2. The molecule has 2 rings (SSSR count). The van der Waals surface area contributed by atoms with Crippen LogP contribution in [0, 0.1) is 12.8 Å². The molecule has 1 amide bonds. The number of ether oxygens (including phenoxy) is 1. The van der Waals surface area contributed by atoms with Crippen molar-refractivity contribution in [1.29, 1.82) is 0 Å². The number of carboxylic acids is 1. The highest BCUT2D eigenvalue weighted by atomic mass is 16.5. The number of carbonyl (C=O) groups is 2. The minimum atomic E-state index is -0.934. The molecule has 0 radical (unpaired) electrons. The molecular formula is C19H30N4O5. The second-order valence-corrected chi connectivity index (χ2v) is 7.43. The smallest absolute Gasteiger partial charge is 0.305 e. The van der Waals surface area contributed by atoms with E-state index in [-0.39, 0.29) is 43.2 Å². The Morgan fingerprint density at radius 1 is 1.29 bits per heavy atom. The zero-order chi connectivity index (χ0) is 20.7. The van der Waals surface area contributed by atoms with Gasteiger partial charge in [-0.05, 0) is 19.3 Å². The van der Waals surface area contributed by atoms with Crippen molar-refractivity contribution < 1.29 is 19.4 Å². The third-order valence-electron chi connectivity index (χ3n) is 4.64. The fraction of sp³-hybridized carbons (Fsp3) is 0.684. The molecule has 1 saturated heterocycles. The molecule has 9 nitrogen and oxygen atoms in total. The van der Waals surface area contributed by atoms with E-state index in [1.165, 1.54) is 0 Å². The lowest BCUT2D eigenvalue weighted by Gasteiger charge is -2.27. The van der Waals surface area contributed by atoms with Gasteiger partial charge >= 0.3 is 5.97 Å². The van der Waals surface area contributed by atoms with E-state index in [1.54, 1.807) is 11.8 Å². The van der Waals surface area contributed by atoms with Crippen LogP contribution in [0.15, 0.2) is 4.79 Å². The summed E-state index contributed by atoms with van der Waals surface area (Å²) in [6, 6.07) is 0. The molecule has 0 atom stereocenters. The van der Waals surface area contributed by atoms with Gasteiger partial charge in [0.2, 0.25) is 11.9 Å². The summed E-state index contributed by atoms with van der Waals surface area (Å²) >= 11 is 0. The first kappa shape index (κ1) is 21.9. The number of anilines is 1. The number of hydrogen-bond acceptors (Lipinski definition) is 6. The Morgan fingerprint density at radius 3 is 2.54 bits per heavy atom. The number of carboxylic acid groups (broad SMARTS) is 1. The number of nitrogens with one attached hydrogen (secondary N) is 1. The van der Waals surface area contributed by atoms with Crippen LogP contribution >= 0.6 is 0 Å². The van der Waals surface area contributed by atoms with Gasteiger partial charge in [-0.15, -0.1) is 0 Å². The number of aromatic amines is 1. The van der Waals surface area contributed by atoms with Gasteiger partial charge in [0.25, 0.3) is 5.56 Å². The molecule has 156 valence electrons. The largest absolute Gasteiger partial charge is 0.481 e. The average Bonchev–Trinajstić information content (AvgIpc) is 2.64.